The first-order chi connectivity index (χ1) is 10.6. The molecule has 3 heteroatoms. The van der Waals surface area contributed by atoms with Crippen LogP contribution in [0.1, 0.15) is 26.3 Å². The highest BCUT2D eigenvalue weighted by atomic mass is 16.1. The van der Waals surface area contributed by atoms with Crippen LogP contribution in [0, 0.1) is 6.92 Å². The van der Waals surface area contributed by atoms with Crippen LogP contribution in [0.3, 0.4) is 0 Å². The number of aldehydes is 1. The summed E-state index contributed by atoms with van der Waals surface area (Å²) in [7, 11) is 0. The summed E-state index contributed by atoms with van der Waals surface area (Å²) in [5, 5.41) is 5.21. The van der Waals surface area contributed by atoms with Gasteiger partial charge in [0.1, 0.15) is 0 Å². The molecule has 0 unspecified atom stereocenters. The van der Waals surface area contributed by atoms with E-state index < -0.39 is 5.91 Å². The molecule has 0 saturated heterocycles. The van der Waals surface area contributed by atoms with Crippen molar-refractivity contribution >= 4 is 44.5 Å². The van der Waals surface area contributed by atoms with Gasteiger partial charge < -0.3 is 5.73 Å². The Morgan fingerprint density at radius 3 is 2.14 bits per heavy atom. The standard InChI is InChI=1S/C19H13NO2/c1-10-11-7-4-8-12(10)17-15(9-21)16(11)13-5-2-3-6-14(13)18(17)19(20)22/h2-9H,1H3,(H2,20,22). The molecule has 2 N–H and O–H groups in total. The van der Waals surface area contributed by atoms with Crippen molar-refractivity contribution in [3.63, 3.8) is 0 Å². The Kier molecular flexibility index (Phi) is 2.48. The Balaban J connectivity index is 2.53. The Bertz CT molecular complexity index is 1080. The second-order valence-corrected chi connectivity index (χ2v) is 5.54. The van der Waals surface area contributed by atoms with Gasteiger partial charge in [-0.3, -0.25) is 9.59 Å². The maximum absolute atomic E-state index is 12.1. The van der Waals surface area contributed by atoms with Gasteiger partial charge in [0.2, 0.25) is 5.91 Å². The molecule has 0 aliphatic rings. The van der Waals surface area contributed by atoms with Crippen LogP contribution in [-0.4, -0.2) is 12.2 Å². The Morgan fingerprint density at radius 2 is 1.50 bits per heavy atom. The third kappa shape index (κ3) is 1.40. The molecule has 0 aliphatic heterocycles. The molecule has 3 nitrogen and oxygen atoms in total. The van der Waals surface area contributed by atoms with Gasteiger partial charge in [0.15, 0.2) is 6.29 Å². The van der Waals surface area contributed by atoms with Crippen LogP contribution in [-0.2, 0) is 0 Å². The van der Waals surface area contributed by atoms with Gasteiger partial charge in [0.05, 0.1) is 5.56 Å². The van der Waals surface area contributed by atoms with Gasteiger partial charge in [-0.15, -0.1) is 0 Å². The molecule has 0 radical (unpaired) electrons. The van der Waals surface area contributed by atoms with Crippen molar-refractivity contribution in [3.8, 4) is 0 Å². The van der Waals surface area contributed by atoms with Crippen LogP contribution >= 0.6 is 0 Å². The van der Waals surface area contributed by atoms with Crippen LogP contribution in [0.25, 0.3) is 32.3 Å². The van der Waals surface area contributed by atoms with Crippen LogP contribution in [0.5, 0.6) is 0 Å². The van der Waals surface area contributed by atoms with Gasteiger partial charge in [-0.25, -0.2) is 0 Å². The quantitative estimate of drug-likeness (QED) is 0.570. The topological polar surface area (TPSA) is 60.2 Å². The zero-order chi connectivity index (χ0) is 15.4. The molecule has 106 valence electrons. The Hall–Kier alpha value is -2.94. The lowest BCUT2D eigenvalue weighted by atomic mass is 9.84. The van der Waals surface area contributed by atoms with E-state index in [1.807, 2.05) is 49.4 Å². The Morgan fingerprint density at radius 1 is 0.909 bits per heavy atom. The number of primary amides is 1. The van der Waals surface area contributed by atoms with Crippen molar-refractivity contribution in [3.05, 3.63) is 59.2 Å². The summed E-state index contributed by atoms with van der Waals surface area (Å²) >= 11 is 0. The van der Waals surface area contributed by atoms with E-state index in [-0.39, 0.29) is 0 Å². The third-order valence-electron chi connectivity index (χ3n) is 4.49. The largest absolute Gasteiger partial charge is 0.366 e. The second-order valence-electron chi connectivity index (χ2n) is 5.54. The first-order valence-corrected chi connectivity index (χ1v) is 7.09. The SMILES string of the molecule is Cc1c2cccc1c1c(C=O)c2c(C(N)=O)c2ccccc21. The van der Waals surface area contributed by atoms with Crippen LogP contribution in [0.2, 0.25) is 0 Å². The normalized spacial score (nSPS) is 11.5. The number of amides is 1. The third-order valence-corrected chi connectivity index (χ3v) is 4.49. The zero-order valence-electron chi connectivity index (χ0n) is 12.0. The maximum Gasteiger partial charge on any atom is 0.249 e. The monoisotopic (exact) mass is 287 g/mol. The number of fused-ring (bicyclic) bond motifs is 8. The molecular formula is C19H13NO2. The van der Waals surface area contributed by atoms with Crippen molar-refractivity contribution in [1.82, 2.24) is 0 Å². The van der Waals surface area contributed by atoms with E-state index in [0.29, 0.717) is 16.5 Å². The highest BCUT2D eigenvalue weighted by Crippen LogP contribution is 2.41. The summed E-state index contributed by atoms with van der Waals surface area (Å²) in [5.74, 6) is -0.507. The average Bonchev–Trinajstić information content (AvgIpc) is 2.51. The number of aryl methyl sites for hydroxylation is 1. The molecule has 4 aromatic rings. The van der Waals surface area contributed by atoms with Crippen molar-refractivity contribution < 1.29 is 9.59 Å². The predicted molar refractivity (Wildman–Crippen MR) is 88.8 cm³/mol. The number of carbonyl (C=O) groups excluding carboxylic acids is 2. The van der Waals surface area contributed by atoms with Crippen LogP contribution in [0.15, 0.2) is 42.5 Å². The van der Waals surface area contributed by atoms with E-state index in [2.05, 4.69) is 0 Å². The fourth-order valence-electron chi connectivity index (χ4n) is 3.58. The molecule has 4 rings (SSSR count). The predicted octanol–water partition coefficient (Wildman–Crippen LogP) is 3.80. The summed E-state index contributed by atoms with van der Waals surface area (Å²) in [6.45, 7) is 2.01. The van der Waals surface area contributed by atoms with Gasteiger partial charge in [-0.05, 0) is 34.0 Å². The smallest absolute Gasteiger partial charge is 0.249 e. The molecule has 0 atom stereocenters. The number of nitrogens with two attached hydrogens (primary N) is 1. The second kappa shape index (κ2) is 4.28. The van der Waals surface area contributed by atoms with E-state index in [0.717, 1.165) is 38.8 Å². The van der Waals surface area contributed by atoms with E-state index in [1.165, 1.54) is 0 Å². The number of carbonyl (C=O) groups is 2. The summed E-state index contributed by atoms with van der Waals surface area (Å²) < 4.78 is 0. The highest BCUT2D eigenvalue weighted by molar-refractivity contribution is 6.31. The van der Waals surface area contributed by atoms with Crippen molar-refractivity contribution in [1.29, 1.82) is 0 Å². The number of rotatable bonds is 2. The summed E-state index contributed by atoms with van der Waals surface area (Å²) in [5.41, 5.74) is 7.72. The van der Waals surface area contributed by atoms with E-state index in [4.69, 9.17) is 5.73 Å². The molecule has 0 saturated carbocycles. The Labute approximate surface area is 126 Å². The summed E-state index contributed by atoms with van der Waals surface area (Å²) in [6.07, 6.45) is 0.836. The molecule has 4 aromatic carbocycles. The van der Waals surface area contributed by atoms with Gasteiger partial charge in [-0.2, -0.15) is 0 Å². The summed E-state index contributed by atoms with van der Waals surface area (Å²) in [6, 6.07) is 13.5. The lowest BCUT2D eigenvalue weighted by Gasteiger charge is -2.18. The molecule has 0 aliphatic carbocycles. The van der Waals surface area contributed by atoms with Gasteiger partial charge in [-0.1, -0.05) is 42.5 Å². The molecule has 4 bridgehead atoms. The lowest BCUT2D eigenvalue weighted by molar-refractivity contribution is 0.100. The van der Waals surface area contributed by atoms with Crippen LogP contribution < -0.4 is 5.73 Å². The minimum atomic E-state index is -0.507. The van der Waals surface area contributed by atoms with Gasteiger partial charge in [0.25, 0.3) is 0 Å². The molecule has 0 aromatic heterocycles. The first kappa shape index (κ1) is 12.8. The molecule has 0 heterocycles. The van der Waals surface area contributed by atoms with E-state index >= 15 is 0 Å². The molecule has 0 spiro atoms. The molecule has 1 amide bonds. The number of benzene rings is 4. The lowest BCUT2D eigenvalue weighted by Crippen LogP contribution is -2.14. The van der Waals surface area contributed by atoms with Gasteiger partial charge >= 0.3 is 0 Å². The zero-order valence-corrected chi connectivity index (χ0v) is 12.0. The van der Waals surface area contributed by atoms with Gasteiger partial charge in [0, 0.05) is 16.3 Å². The fraction of sp³-hybridized carbons (Fsp3) is 0.0526. The molecule has 22 heavy (non-hydrogen) atoms. The van der Waals surface area contributed by atoms with Crippen molar-refractivity contribution in [2.75, 3.05) is 0 Å². The minimum absolute atomic E-state index is 0.432. The highest BCUT2D eigenvalue weighted by Gasteiger charge is 2.22. The minimum Gasteiger partial charge on any atom is -0.366 e. The van der Waals surface area contributed by atoms with Crippen molar-refractivity contribution in [2.45, 2.75) is 6.92 Å². The summed E-state index contributed by atoms with van der Waals surface area (Å²) in [4.78, 5) is 23.9. The molecule has 0 fully saturated rings. The number of hydrogen-bond acceptors (Lipinski definition) is 2. The number of hydrogen-bond donors (Lipinski definition) is 1. The van der Waals surface area contributed by atoms with Crippen molar-refractivity contribution in [2.24, 2.45) is 5.73 Å². The van der Waals surface area contributed by atoms with Crippen LogP contribution in [0.4, 0.5) is 0 Å². The van der Waals surface area contributed by atoms with E-state index in [1.54, 1.807) is 0 Å². The molecular weight excluding hydrogens is 274 g/mol. The fourth-order valence-corrected chi connectivity index (χ4v) is 3.58. The average molecular weight is 287 g/mol. The van der Waals surface area contributed by atoms with E-state index in [9.17, 15) is 9.59 Å². The maximum atomic E-state index is 12.1. The first-order valence-electron chi connectivity index (χ1n) is 7.09.